The summed E-state index contributed by atoms with van der Waals surface area (Å²) in [4.78, 5) is 24.7. The van der Waals surface area contributed by atoms with Crippen molar-refractivity contribution in [1.29, 1.82) is 0 Å². The monoisotopic (exact) mass is 511 g/mol. The van der Waals surface area contributed by atoms with Crippen molar-refractivity contribution in [3.63, 3.8) is 0 Å². The van der Waals surface area contributed by atoms with E-state index in [0.717, 1.165) is 16.5 Å². The quantitative estimate of drug-likeness (QED) is 0.527. The molecule has 0 spiro atoms. The first-order valence-corrected chi connectivity index (χ1v) is 12.7. The maximum atomic E-state index is 12.8. The molecule has 0 saturated carbocycles. The van der Waals surface area contributed by atoms with E-state index < -0.39 is 26.5 Å². The molecule has 160 valence electrons. The molecule has 10 heteroatoms. The first-order chi connectivity index (χ1) is 14.3. The third kappa shape index (κ3) is 5.63. The summed E-state index contributed by atoms with van der Waals surface area (Å²) in [5.41, 5.74) is 1.16. The summed E-state index contributed by atoms with van der Waals surface area (Å²) < 4.78 is 26.6. The number of hydrogen-bond acceptors (Lipinski definition) is 6. The van der Waals surface area contributed by atoms with Gasteiger partial charge >= 0.3 is 0 Å². The summed E-state index contributed by atoms with van der Waals surface area (Å²) in [5.74, 6) is -0.688. The summed E-state index contributed by atoms with van der Waals surface area (Å²) in [6.07, 6.45) is 0.806. The van der Waals surface area contributed by atoms with E-state index in [9.17, 15) is 18.0 Å². The highest BCUT2D eigenvalue weighted by molar-refractivity contribution is 9.10. The Morgan fingerprint density at radius 3 is 2.43 bits per heavy atom. The van der Waals surface area contributed by atoms with Gasteiger partial charge in [-0.1, -0.05) is 35.0 Å². The predicted octanol–water partition coefficient (Wildman–Crippen LogP) is 2.53. The van der Waals surface area contributed by atoms with Crippen molar-refractivity contribution in [3.8, 4) is 0 Å². The van der Waals surface area contributed by atoms with Gasteiger partial charge in [0.05, 0.1) is 10.6 Å². The fourth-order valence-corrected chi connectivity index (χ4v) is 5.48. The zero-order valence-corrected chi connectivity index (χ0v) is 19.4. The van der Waals surface area contributed by atoms with E-state index in [1.165, 1.54) is 23.9 Å². The minimum absolute atomic E-state index is 0.0182. The summed E-state index contributed by atoms with van der Waals surface area (Å²) in [7, 11) is -3.80. The summed E-state index contributed by atoms with van der Waals surface area (Å²) in [6.45, 7) is 1.97. The zero-order chi connectivity index (χ0) is 21.7. The van der Waals surface area contributed by atoms with Gasteiger partial charge in [0.1, 0.15) is 5.50 Å². The Labute approximate surface area is 188 Å². The molecule has 30 heavy (non-hydrogen) atoms. The highest BCUT2D eigenvalue weighted by Crippen LogP contribution is 2.21. The molecule has 1 fully saturated rings. The van der Waals surface area contributed by atoms with Crippen molar-refractivity contribution >= 4 is 55.0 Å². The maximum Gasteiger partial charge on any atom is 0.241 e. The molecule has 1 aliphatic heterocycles. The number of sulfone groups is 1. The smallest absolute Gasteiger partial charge is 0.241 e. The average molecular weight is 512 g/mol. The molecule has 2 unspecified atom stereocenters. The van der Waals surface area contributed by atoms with Crippen LogP contribution in [0, 0.1) is 0 Å². The summed E-state index contributed by atoms with van der Waals surface area (Å²) in [6, 6.07) is 13.8. The lowest BCUT2D eigenvalue weighted by molar-refractivity contribution is -0.122. The SMILES string of the molecule is CCc1ccc(S(=O)(=O)C2CNC(SCC(=O)Nc3ccc(Br)cc3)NC2=O)cc1. The molecule has 0 bridgehead atoms. The average Bonchev–Trinajstić information content (AvgIpc) is 2.74. The largest absolute Gasteiger partial charge is 0.331 e. The van der Waals surface area contributed by atoms with E-state index in [1.807, 2.05) is 19.1 Å². The lowest BCUT2D eigenvalue weighted by Gasteiger charge is -2.29. The lowest BCUT2D eigenvalue weighted by Crippen LogP contribution is -2.59. The van der Waals surface area contributed by atoms with E-state index in [2.05, 4.69) is 31.9 Å². The third-order valence-electron chi connectivity index (χ3n) is 4.60. The van der Waals surface area contributed by atoms with Crippen molar-refractivity contribution in [3.05, 3.63) is 58.6 Å². The summed E-state index contributed by atoms with van der Waals surface area (Å²) >= 11 is 4.52. The number of carbonyl (C=O) groups excluding carboxylic acids is 2. The highest BCUT2D eigenvalue weighted by atomic mass is 79.9. The van der Waals surface area contributed by atoms with E-state index in [0.29, 0.717) is 5.69 Å². The van der Waals surface area contributed by atoms with Gasteiger partial charge in [0.15, 0.2) is 15.1 Å². The number of aryl methyl sites for hydroxylation is 1. The minimum Gasteiger partial charge on any atom is -0.331 e. The number of amides is 2. The van der Waals surface area contributed by atoms with E-state index >= 15 is 0 Å². The Hall–Kier alpha value is -1.88. The number of benzene rings is 2. The molecule has 2 aromatic rings. The van der Waals surface area contributed by atoms with Crippen molar-refractivity contribution in [1.82, 2.24) is 10.6 Å². The number of halogens is 1. The fourth-order valence-electron chi connectivity index (χ4n) is 2.90. The highest BCUT2D eigenvalue weighted by Gasteiger charge is 2.38. The Morgan fingerprint density at radius 2 is 1.83 bits per heavy atom. The number of carbonyl (C=O) groups is 2. The van der Waals surface area contributed by atoms with Gasteiger partial charge in [-0.2, -0.15) is 0 Å². The minimum atomic E-state index is -3.80. The van der Waals surface area contributed by atoms with Gasteiger partial charge in [0.2, 0.25) is 11.8 Å². The van der Waals surface area contributed by atoms with Gasteiger partial charge in [-0.3, -0.25) is 14.9 Å². The van der Waals surface area contributed by atoms with Crippen LogP contribution in [0.15, 0.2) is 57.9 Å². The van der Waals surface area contributed by atoms with Crippen LogP contribution < -0.4 is 16.0 Å². The number of rotatable bonds is 7. The van der Waals surface area contributed by atoms with E-state index in [-0.39, 0.29) is 23.1 Å². The van der Waals surface area contributed by atoms with Crippen LogP contribution in [0.3, 0.4) is 0 Å². The molecule has 7 nitrogen and oxygen atoms in total. The molecule has 0 aliphatic carbocycles. The molecule has 2 aromatic carbocycles. The van der Waals surface area contributed by atoms with Gasteiger partial charge in [-0.15, -0.1) is 11.8 Å². The topological polar surface area (TPSA) is 104 Å². The lowest BCUT2D eigenvalue weighted by atomic mass is 10.2. The molecule has 2 amide bonds. The van der Waals surface area contributed by atoms with Crippen LogP contribution in [0.2, 0.25) is 0 Å². The van der Waals surface area contributed by atoms with Crippen molar-refractivity contribution in [2.24, 2.45) is 0 Å². The standard InChI is InChI=1S/C20H22BrN3O4S2/c1-2-13-3-9-16(10-4-13)30(27,28)17-11-22-20(24-19(17)26)29-12-18(25)23-15-7-5-14(21)6-8-15/h3-10,17,20,22H,2,11-12H2,1H3,(H,23,25)(H,24,26). The molecule has 1 aliphatic rings. The van der Waals surface area contributed by atoms with E-state index in [4.69, 9.17) is 0 Å². The molecule has 0 radical (unpaired) electrons. The third-order valence-corrected chi connectivity index (χ3v) is 8.23. The molecule has 1 saturated heterocycles. The normalized spacial score (nSPS) is 19.2. The Morgan fingerprint density at radius 1 is 1.17 bits per heavy atom. The summed E-state index contributed by atoms with van der Waals surface area (Å²) in [5, 5.41) is 7.19. The Bertz CT molecular complexity index is 1010. The molecule has 3 N–H and O–H groups in total. The second kappa shape index (κ2) is 9.95. The molecular formula is C20H22BrN3O4S2. The van der Waals surface area contributed by atoms with Crippen LogP contribution in [0.25, 0.3) is 0 Å². The molecule has 1 heterocycles. The van der Waals surface area contributed by atoms with Gasteiger partial charge in [0.25, 0.3) is 0 Å². The van der Waals surface area contributed by atoms with Crippen LogP contribution in [-0.4, -0.2) is 43.3 Å². The molecule has 2 atom stereocenters. The first-order valence-electron chi connectivity index (χ1n) is 9.33. The number of thioether (sulfide) groups is 1. The van der Waals surface area contributed by atoms with Crippen molar-refractivity contribution in [2.75, 3.05) is 17.6 Å². The van der Waals surface area contributed by atoms with E-state index in [1.54, 1.807) is 24.3 Å². The van der Waals surface area contributed by atoms with Crippen LogP contribution in [-0.2, 0) is 25.8 Å². The second-order valence-electron chi connectivity index (χ2n) is 6.69. The molecule has 3 rings (SSSR count). The van der Waals surface area contributed by atoms with Crippen molar-refractivity contribution in [2.45, 2.75) is 29.0 Å². The number of hydrogen-bond donors (Lipinski definition) is 3. The van der Waals surface area contributed by atoms with Gasteiger partial charge in [-0.05, 0) is 48.4 Å². The molecular weight excluding hydrogens is 490 g/mol. The Balaban J connectivity index is 1.53. The van der Waals surface area contributed by atoms with Gasteiger partial charge in [-0.25, -0.2) is 8.42 Å². The number of nitrogens with one attached hydrogen (secondary N) is 3. The second-order valence-corrected chi connectivity index (χ2v) is 10.8. The molecule has 0 aromatic heterocycles. The van der Waals surface area contributed by atoms with Crippen LogP contribution in [0.4, 0.5) is 5.69 Å². The maximum absolute atomic E-state index is 12.8. The van der Waals surface area contributed by atoms with Gasteiger partial charge in [0, 0.05) is 16.7 Å². The van der Waals surface area contributed by atoms with Gasteiger partial charge < -0.3 is 10.6 Å². The Kier molecular flexibility index (Phi) is 7.56. The fraction of sp³-hybridized carbons (Fsp3) is 0.300. The zero-order valence-electron chi connectivity index (χ0n) is 16.2. The van der Waals surface area contributed by atoms with Crippen LogP contribution in [0.1, 0.15) is 12.5 Å². The van der Waals surface area contributed by atoms with Crippen LogP contribution >= 0.6 is 27.7 Å². The van der Waals surface area contributed by atoms with Crippen LogP contribution in [0.5, 0.6) is 0 Å². The predicted molar refractivity (Wildman–Crippen MR) is 122 cm³/mol. The van der Waals surface area contributed by atoms with Crippen molar-refractivity contribution < 1.29 is 18.0 Å². The first kappa shape index (κ1) is 22.8. The number of anilines is 1.